The molecule has 4 aromatic rings. The number of para-hydroxylation sites is 1. The quantitative estimate of drug-likeness (QED) is 0.125. The van der Waals surface area contributed by atoms with Crippen LogP contribution >= 0.6 is 11.3 Å². The molecule has 9 nitrogen and oxygen atoms in total. The zero-order valence-corrected chi connectivity index (χ0v) is 26.7. The number of amides is 3. The van der Waals surface area contributed by atoms with Crippen LogP contribution in [-0.4, -0.2) is 69.3 Å². The molecule has 10 heteroatoms. The number of rotatable bonds is 14. The van der Waals surface area contributed by atoms with E-state index in [1.165, 1.54) is 16.2 Å². The number of nitrogens with one attached hydrogen (secondary N) is 1. The lowest BCUT2D eigenvalue weighted by atomic mass is 9.95. The normalized spacial score (nSPS) is 15.3. The minimum absolute atomic E-state index is 0.0296. The molecule has 1 aliphatic heterocycles. The summed E-state index contributed by atoms with van der Waals surface area (Å²) in [6.45, 7) is 1.54. The van der Waals surface area contributed by atoms with Gasteiger partial charge in [-0.15, -0.1) is 11.3 Å². The van der Waals surface area contributed by atoms with Crippen molar-refractivity contribution in [1.29, 1.82) is 0 Å². The Morgan fingerprint density at radius 1 is 0.935 bits per heavy atom. The summed E-state index contributed by atoms with van der Waals surface area (Å²) in [5.74, 6) is -0.868. The zero-order valence-electron chi connectivity index (χ0n) is 25.8. The van der Waals surface area contributed by atoms with E-state index in [0.29, 0.717) is 63.2 Å². The number of thiazole rings is 1. The van der Waals surface area contributed by atoms with Crippen LogP contribution in [0.1, 0.15) is 59.5 Å². The summed E-state index contributed by atoms with van der Waals surface area (Å²) >= 11 is 1.30. The number of carbonyl (C=O) groups excluding carboxylic acids is 3. The topological polar surface area (TPSA) is 120 Å². The monoisotopic (exact) mass is 640 g/mol. The van der Waals surface area contributed by atoms with Gasteiger partial charge in [0.1, 0.15) is 0 Å². The summed E-state index contributed by atoms with van der Waals surface area (Å²) in [6, 6.07) is 26.0. The molecular formula is C36H40N4O5S. The second-order valence-corrected chi connectivity index (χ2v) is 12.8. The van der Waals surface area contributed by atoms with Crippen molar-refractivity contribution < 1.29 is 24.3 Å². The molecule has 0 radical (unpaired) electrons. The average molecular weight is 641 g/mol. The highest BCUT2D eigenvalue weighted by molar-refractivity contribution is 7.20. The van der Waals surface area contributed by atoms with Gasteiger partial charge in [0.05, 0.1) is 22.2 Å². The molecular weight excluding hydrogens is 600 g/mol. The van der Waals surface area contributed by atoms with Gasteiger partial charge in [0.25, 0.3) is 0 Å². The summed E-state index contributed by atoms with van der Waals surface area (Å²) < 4.78 is 0.894. The molecule has 0 bridgehead atoms. The van der Waals surface area contributed by atoms with E-state index < -0.39 is 18.1 Å². The number of fused-ring (bicyclic) bond motifs is 1. The molecule has 1 aliphatic rings. The fraction of sp³-hybridized carbons (Fsp3) is 0.361. The third-order valence-electron chi connectivity index (χ3n) is 8.41. The third-order valence-corrected chi connectivity index (χ3v) is 9.46. The summed E-state index contributed by atoms with van der Waals surface area (Å²) in [6.07, 6.45) is 2.82. The van der Waals surface area contributed by atoms with Crippen molar-refractivity contribution >= 4 is 45.2 Å². The number of carbonyl (C=O) groups is 4. The van der Waals surface area contributed by atoms with Crippen LogP contribution in [0.4, 0.5) is 4.79 Å². The highest BCUT2D eigenvalue weighted by atomic mass is 32.1. The lowest BCUT2D eigenvalue weighted by Gasteiger charge is -2.33. The smallest absolute Gasteiger partial charge is 0.407 e. The van der Waals surface area contributed by atoms with Gasteiger partial charge in [0, 0.05) is 32.6 Å². The molecule has 1 saturated heterocycles. The minimum atomic E-state index is -1.00. The summed E-state index contributed by atoms with van der Waals surface area (Å²) in [4.78, 5) is 60.0. The number of hydrogen-bond donors (Lipinski definition) is 2. The van der Waals surface area contributed by atoms with Gasteiger partial charge >= 0.3 is 6.09 Å². The van der Waals surface area contributed by atoms with E-state index in [4.69, 9.17) is 0 Å². The van der Waals surface area contributed by atoms with E-state index in [0.717, 1.165) is 27.8 Å². The molecule has 3 amide bonds. The lowest BCUT2D eigenvalue weighted by molar-refractivity contribution is -0.135. The van der Waals surface area contributed by atoms with E-state index in [2.05, 4.69) is 10.3 Å². The Kier molecular flexibility index (Phi) is 11.5. The van der Waals surface area contributed by atoms with Crippen LogP contribution in [0.3, 0.4) is 0 Å². The van der Waals surface area contributed by atoms with Gasteiger partial charge in [-0.2, -0.15) is 0 Å². The predicted octanol–water partition coefficient (Wildman–Crippen LogP) is 6.19. The van der Waals surface area contributed by atoms with Crippen LogP contribution in [0.15, 0.2) is 84.9 Å². The van der Waals surface area contributed by atoms with E-state index in [9.17, 15) is 24.3 Å². The van der Waals surface area contributed by atoms with Gasteiger partial charge in [0.15, 0.2) is 5.01 Å². The number of aromatic nitrogens is 1. The maximum atomic E-state index is 13.8. The molecule has 2 N–H and O–H groups in total. The van der Waals surface area contributed by atoms with Crippen LogP contribution in [0, 0.1) is 5.92 Å². The first-order valence-electron chi connectivity index (χ1n) is 15.9. The maximum Gasteiger partial charge on any atom is 0.407 e. The van der Waals surface area contributed by atoms with Crippen molar-refractivity contribution in [2.24, 2.45) is 5.92 Å². The van der Waals surface area contributed by atoms with Crippen molar-refractivity contribution in [2.75, 3.05) is 19.6 Å². The molecule has 240 valence electrons. The maximum absolute atomic E-state index is 13.8. The second-order valence-electron chi connectivity index (χ2n) is 11.8. The third kappa shape index (κ3) is 9.00. The first-order valence-corrected chi connectivity index (χ1v) is 16.7. The SMILES string of the molecule is O=C(c1nc2ccccc2s1)C(CCCCN(Cc1ccccc1)C(=O)O)NC(=O)[C@H]1CCCN(C(=O)CCc2ccccc2)C1. The number of carboxylic acid groups (broad SMARTS) is 1. The molecule has 1 unspecified atom stereocenters. The highest BCUT2D eigenvalue weighted by Crippen LogP contribution is 2.24. The minimum Gasteiger partial charge on any atom is -0.465 e. The van der Waals surface area contributed by atoms with Gasteiger partial charge in [0.2, 0.25) is 17.6 Å². The van der Waals surface area contributed by atoms with Crippen molar-refractivity contribution in [1.82, 2.24) is 20.1 Å². The highest BCUT2D eigenvalue weighted by Gasteiger charge is 2.32. The van der Waals surface area contributed by atoms with E-state index in [1.807, 2.05) is 84.9 Å². The number of ketones is 1. The van der Waals surface area contributed by atoms with Gasteiger partial charge in [-0.25, -0.2) is 9.78 Å². The summed E-state index contributed by atoms with van der Waals surface area (Å²) in [5, 5.41) is 13.1. The summed E-state index contributed by atoms with van der Waals surface area (Å²) in [7, 11) is 0. The van der Waals surface area contributed by atoms with Gasteiger partial charge < -0.3 is 20.2 Å². The fourth-order valence-electron chi connectivity index (χ4n) is 5.85. The summed E-state index contributed by atoms with van der Waals surface area (Å²) in [5.41, 5.74) is 2.74. The van der Waals surface area contributed by atoms with E-state index in [1.54, 1.807) is 4.90 Å². The molecule has 2 heterocycles. The van der Waals surface area contributed by atoms with Crippen molar-refractivity contribution in [3.8, 4) is 0 Å². The van der Waals surface area contributed by atoms with Crippen molar-refractivity contribution in [3.63, 3.8) is 0 Å². The molecule has 1 aromatic heterocycles. The molecule has 0 spiro atoms. The van der Waals surface area contributed by atoms with E-state index >= 15 is 0 Å². The van der Waals surface area contributed by atoms with Crippen LogP contribution < -0.4 is 5.32 Å². The first-order chi connectivity index (χ1) is 22.4. The van der Waals surface area contributed by atoms with Gasteiger partial charge in [-0.05, 0) is 61.8 Å². The number of unbranched alkanes of at least 4 members (excludes halogenated alkanes) is 1. The molecule has 3 aromatic carbocycles. The van der Waals surface area contributed by atoms with Crippen LogP contribution in [-0.2, 0) is 22.6 Å². The molecule has 5 rings (SSSR count). The number of benzene rings is 3. The number of aryl methyl sites for hydroxylation is 1. The largest absolute Gasteiger partial charge is 0.465 e. The Balaban J connectivity index is 1.21. The number of hydrogen-bond acceptors (Lipinski definition) is 6. The number of piperidine rings is 1. The van der Waals surface area contributed by atoms with Crippen LogP contribution in [0.2, 0.25) is 0 Å². The first kappa shape index (κ1) is 32.8. The number of nitrogens with zero attached hydrogens (tertiary/aromatic N) is 3. The molecule has 1 fully saturated rings. The average Bonchev–Trinajstić information content (AvgIpc) is 3.53. The Hall–Kier alpha value is -4.57. The predicted molar refractivity (Wildman–Crippen MR) is 179 cm³/mol. The zero-order chi connectivity index (χ0) is 32.3. The van der Waals surface area contributed by atoms with Gasteiger partial charge in [-0.1, -0.05) is 72.8 Å². The number of likely N-dealkylation sites (tertiary alicyclic amines) is 1. The fourth-order valence-corrected chi connectivity index (χ4v) is 6.81. The Labute approximate surface area is 273 Å². The van der Waals surface area contributed by atoms with Crippen molar-refractivity contribution in [2.45, 2.75) is 57.5 Å². The van der Waals surface area contributed by atoms with Crippen LogP contribution in [0.5, 0.6) is 0 Å². The van der Waals surface area contributed by atoms with Gasteiger partial charge in [-0.3, -0.25) is 14.4 Å². The molecule has 0 aliphatic carbocycles. The van der Waals surface area contributed by atoms with Crippen LogP contribution in [0.25, 0.3) is 10.2 Å². The Morgan fingerprint density at radius 3 is 2.35 bits per heavy atom. The Bertz CT molecular complexity index is 1590. The Morgan fingerprint density at radius 2 is 1.63 bits per heavy atom. The standard InChI is InChI=1S/C36H40N4O5S/c41-32(21-20-26-12-3-1-4-13-26)39-23-11-16-28(25-39)34(43)37-30(33(42)35-38-29-17-7-8-19-31(29)46-35)18-9-10-22-40(36(44)45)24-27-14-5-2-6-15-27/h1-8,12-15,17,19,28,30H,9-11,16,18,20-25H2,(H,37,43)(H,44,45)/t28-,30?/m0/s1. The molecule has 2 atom stereocenters. The molecule has 0 saturated carbocycles. The van der Waals surface area contributed by atoms with Crippen molar-refractivity contribution in [3.05, 3.63) is 101 Å². The second kappa shape index (κ2) is 16.1. The molecule has 46 heavy (non-hydrogen) atoms. The lowest BCUT2D eigenvalue weighted by Crippen LogP contribution is -2.49. The number of Topliss-reactive ketones (excluding diaryl/α,β-unsaturated/α-hetero) is 1. The van der Waals surface area contributed by atoms with E-state index in [-0.39, 0.29) is 24.1 Å².